The zero-order chi connectivity index (χ0) is 12.4. The predicted octanol–water partition coefficient (Wildman–Crippen LogP) is 0.370. The first-order valence-electron chi connectivity index (χ1n) is 5.40. The molecule has 1 unspecified atom stereocenters. The lowest BCUT2D eigenvalue weighted by Gasteiger charge is -2.10. The lowest BCUT2D eigenvalue weighted by atomic mass is 10.1. The number of carbonyl (C=O) groups is 1. The first kappa shape index (κ1) is 11.7. The highest BCUT2D eigenvalue weighted by Crippen LogP contribution is 2.36. The van der Waals surface area contributed by atoms with Crippen molar-refractivity contribution in [1.82, 2.24) is 0 Å². The molecule has 5 heteroatoms. The van der Waals surface area contributed by atoms with E-state index < -0.39 is 5.97 Å². The molecule has 0 heterocycles. The highest BCUT2D eigenvalue weighted by molar-refractivity contribution is 5.71. The van der Waals surface area contributed by atoms with Gasteiger partial charge in [0.2, 0.25) is 0 Å². The molecule has 0 saturated carbocycles. The largest absolute Gasteiger partial charge is 0.508 e. The van der Waals surface area contributed by atoms with E-state index in [0.717, 1.165) is 11.1 Å². The Morgan fingerprint density at radius 3 is 2.88 bits per heavy atom. The van der Waals surface area contributed by atoms with Crippen LogP contribution in [0.5, 0.6) is 11.5 Å². The standard InChI is InChI=1S/C12H15NO4/c1-16-12(15)6-17-11-3-2-10(14)8-4-7(13)5-9(8)11/h2-3,7,14H,4-6,13H2,1H3. The first-order chi connectivity index (χ1) is 8.11. The first-order valence-corrected chi connectivity index (χ1v) is 5.40. The van der Waals surface area contributed by atoms with E-state index in [-0.39, 0.29) is 18.4 Å². The van der Waals surface area contributed by atoms with Crippen molar-refractivity contribution >= 4 is 5.97 Å². The van der Waals surface area contributed by atoms with Gasteiger partial charge >= 0.3 is 5.97 Å². The molecule has 1 atom stereocenters. The van der Waals surface area contributed by atoms with Crippen LogP contribution in [0.15, 0.2) is 12.1 Å². The van der Waals surface area contributed by atoms with Gasteiger partial charge in [0, 0.05) is 17.2 Å². The van der Waals surface area contributed by atoms with Crippen molar-refractivity contribution in [2.75, 3.05) is 13.7 Å². The van der Waals surface area contributed by atoms with Gasteiger partial charge in [0.15, 0.2) is 6.61 Å². The molecule has 2 rings (SSSR count). The van der Waals surface area contributed by atoms with Crippen molar-refractivity contribution in [3.63, 3.8) is 0 Å². The highest BCUT2D eigenvalue weighted by atomic mass is 16.6. The average Bonchev–Trinajstić information content (AvgIpc) is 2.70. The molecule has 0 fully saturated rings. The van der Waals surface area contributed by atoms with Crippen LogP contribution in [0.4, 0.5) is 0 Å². The molecular weight excluding hydrogens is 222 g/mol. The lowest BCUT2D eigenvalue weighted by molar-refractivity contribution is -0.142. The molecule has 1 aliphatic carbocycles. The van der Waals surface area contributed by atoms with Crippen LogP contribution in [0.3, 0.4) is 0 Å². The SMILES string of the molecule is COC(=O)COc1ccc(O)c2c1CC(N)C2. The lowest BCUT2D eigenvalue weighted by Crippen LogP contribution is -2.19. The van der Waals surface area contributed by atoms with E-state index in [2.05, 4.69) is 4.74 Å². The van der Waals surface area contributed by atoms with E-state index in [1.165, 1.54) is 7.11 Å². The Morgan fingerprint density at radius 1 is 1.47 bits per heavy atom. The van der Waals surface area contributed by atoms with Crippen molar-refractivity contribution in [2.45, 2.75) is 18.9 Å². The zero-order valence-corrected chi connectivity index (χ0v) is 9.60. The number of methoxy groups -OCH3 is 1. The number of hydrogen-bond acceptors (Lipinski definition) is 5. The molecule has 0 amide bonds. The summed E-state index contributed by atoms with van der Waals surface area (Å²) in [6.45, 7) is -0.136. The molecular formula is C12H15NO4. The second-order valence-electron chi connectivity index (χ2n) is 4.07. The van der Waals surface area contributed by atoms with Crippen LogP contribution in [0.25, 0.3) is 0 Å². The van der Waals surface area contributed by atoms with Gasteiger partial charge in [-0.2, -0.15) is 0 Å². The van der Waals surface area contributed by atoms with Gasteiger partial charge in [0.1, 0.15) is 11.5 Å². The Labute approximate surface area is 99.1 Å². The molecule has 0 bridgehead atoms. The van der Waals surface area contributed by atoms with Crippen molar-refractivity contribution in [2.24, 2.45) is 5.73 Å². The van der Waals surface area contributed by atoms with Crippen LogP contribution in [0.1, 0.15) is 11.1 Å². The second-order valence-corrected chi connectivity index (χ2v) is 4.07. The van der Waals surface area contributed by atoms with Gasteiger partial charge in [-0.15, -0.1) is 0 Å². The van der Waals surface area contributed by atoms with Crippen molar-refractivity contribution in [3.05, 3.63) is 23.3 Å². The summed E-state index contributed by atoms with van der Waals surface area (Å²) < 4.78 is 9.86. The quantitative estimate of drug-likeness (QED) is 0.742. The molecule has 0 saturated heterocycles. The smallest absolute Gasteiger partial charge is 0.343 e. The molecule has 1 aromatic carbocycles. The number of hydrogen-bond donors (Lipinski definition) is 2. The third-order valence-electron chi connectivity index (χ3n) is 2.87. The van der Waals surface area contributed by atoms with E-state index in [9.17, 15) is 9.90 Å². The van der Waals surface area contributed by atoms with E-state index in [1.54, 1.807) is 12.1 Å². The fraction of sp³-hybridized carbons (Fsp3) is 0.417. The molecule has 17 heavy (non-hydrogen) atoms. The third kappa shape index (κ3) is 2.34. The Kier molecular flexibility index (Phi) is 3.19. The summed E-state index contributed by atoms with van der Waals surface area (Å²) in [5.74, 6) is 0.392. The normalized spacial score (nSPS) is 17.6. The maximum absolute atomic E-state index is 11.0. The van der Waals surface area contributed by atoms with Crippen molar-refractivity contribution < 1.29 is 19.4 Å². The van der Waals surface area contributed by atoms with Gasteiger partial charge in [-0.05, 0) is 25.0 Å². The Morgan fingerprint density at radius 2 is 2.18 bits per heavy atom. The van der Waals surface area contributed by atoms with E-state index in [0.29, 0.717) is 18.6 Å². The summed E-state index contributed by atoms with van der Waals surface area (Å²) in [7, 11) is 1.31. The van der Waals surface area contributed by atoms with Crippen LogP contribution in [0, 0.1) is 0 Å². The minimum absolute atomic E-state index is 0.00113. The second kappa shape index (κ2) is 4.63. The molecule has 1 aliphatic rings. The summed E-state index contributed by atoms with van der Waals surface area (Å²) in [6, 6.07) is 3.21. The summed E-state index contributed by atoms with van der Waals surface area (Å²) >= 11 is 0. The van der Waals surface area contributed by atoms with Crippen LogP contribution in [-0.2, 0) is 22.4 Å². The van der Waals surface area contributed by atoms with Crippen molar-refractivity contribution in [3.8, 4) is 11.5 Å². The molecule has 1 aromatic rings. The van der Waals surface area contributed by atoms with Gasteiger partial charge in [0.25, 0.3) is 0 Å². The van der Waals surface area contributed by atoms with Crippen molar-refractivity contribution in [1.29, 1.82) is 0 Å². The van der Waals surface area contributed by atoms with Crippen LogP contribution in [0.2, 0.25) is 0 Å². The fourth-order valence-electron chi connectivity index (χ4n) is 2.04. The molecule has 0 radical (unpaired) electrons. The zero-order valence-electron chi connectivity index (χ0n) is 9.60. The number of esters is 1. The van der Waals surface area contributed by atoms with Crippen LogP contribution in [-0.4, -0.2) is 30.8 Å². The number of benzene rings is 1. The number of rotatable bonds is 3. The minimum Gasteiger partial charge on any atom is -0.508 e. The van der Waals surface area contributed by atoms with Gasteiger partial charge < -0.3 is 20.3 Å². The van der Waals surface area contributed by atoms with Crippen LogP contribution >= 0.6 is 0 Å². The highest BCUT2D eigenvalue weighted by Gasteiger charge is 2.25. The minimum atomic E-state index is -0.436. The number of phenols is 1. The summed E-state index contributed by atoms with van der Waals surface area (Å²) in [6.07, 6.45) is 1.29. The predicted molar refractivity (Wildman–Crippen MR) is 61.0 cm³/mol. The third-order valence-corrected chi connectivity index (χ3v) is 2.87. The summed E-state index contributed by atoms with van der Waals surface area (Å²) in [5, 5.41) is 9.69. The van der Waals surface area contributed by atoms with Gasteiger partial charge in [-0.1, -0.05) is 0 Å². The van der Waals surface area contributed by atoms with Gasteiger partial charge in [0.05, 0.1) is 7.11 Å². The van der Waals surface area contributed by atoms with Gasteiger partial charge in [-0.25, -0.2) is 4.79 Å². The number of ether oxygens (including phenoxy) is 2. The molecule has 0 spiro atoms. The van der Waals surface area contributed by atoms with E-state index >= 15 is 0 Å². The average molecular weight is 237 g/mol. The number of nitrogens with two attached hydrogens (primary N) is 1. The maximum Gasteiger partial charge on any atom is 0.343 e. The number of aromatic hydroxyl groups is 1. The Bertz CT molecular complexity index is 444. The number of carbonyl (C=O) groups excluding carboxylic acids is 1. The number of fused-ring (bicyclic) bond motifs is 1. The maximum atomic E-state index is 11.0. The summed E-state index contributed by atoms with van der Waals surface area (Å²) in [5.41, 5.74) is 7.56. The Hall–Kier alpha value is -1.75. The molecule has 0 aromatic heterocycles. The molecule has 3 N–H and O–H groups in total. The monoisotopic (exact) mass is 237 g/mol. The Balaban J connectivity index is 2.19. The number of phenolic OH excluding ortho intramolecular Hbond substituents is 1. The van der Waals surface area contributed by atoms with E-state index in [4.69, 9.17) is 10.5 Å². The molecule has 5 nitrogen and oxygen atoms in total. The molecule has 0 aliphatic heterocycles. The van der Waals surface area contributed by atoms with Crippen LogP contribution < -0.4 is 10.5 Å². The topological polar surface area (TPSA) is 81.8 Å². The fourth-order valence-corrected chi connectivity index (χ4v) is 2.04. The van der Waals surface area contributed by atoms with E-state index in [1.807, 2.05) is 0 Å². The molecule has 92 valence electrons. The summed E-state index contributed by atoms with van der Waals surface area (Å²) in [4.78, 5) is 11.0. The van der Waals surface area contributed by atoms with Gasteiger partial charge in [-0.3, -0.25) is 0 Å².